The van der Waals surface area contributed by atoms with Crippen LogP contribution in [0.1, 0.15) is 26.4 Å². The van der Waals surface area contributed by atoms with Crippen molar-refractivity contribution in [3.63, 3.8) is 0 Å². The second-order valence-corrected chi connectivity index (χ2v) is 5.52. The average Bonchev–Trinajstić information content (AvgIpc) is 2.71. The van der Waals surface area contributed by atoms with Crippen molar-refractivity contribution in [2.24, 2.45) is 0 Å². The molecule has 1 aromatic heterocycles. The lowest BCUT2D eigenvalue weighted by Gasteiger charge is -2.09. The number of aromatic nitrogens is 1. The summed E-state index contributed by atoms with van der Waals surface area (Å²) < 4.78 is 0. The Bertz CT molecular complexity index is 624. The molecular weight excluding hydrogens is 260 g/mol. The van der Waals surface area contributed by atoms with Gasteiger partial charge in [-0.25, -0.2) is 9.78 Å². The van der Waals surface area contributed by atoms with Gasteiger partial charge in [-0.3, -0.25) is 0 Å². The fraction of sp³-hybridized carbons (Fsp3) is 0.286. The van der Waals surface area contributed by atoms with E-state index in [0.29, 0.717) is 10.8 Å². The Hall–Kier alpha value is -1.88. The zero-order valence-corrected chi connectivity index (χ0v) is 12.2. The van der Waals surface area contributed by atoms with E-state index in [9.17, 15) is 9.90 Å². The van der Waals surface area contributed by atoms with Gasteiger partial charge >= 0.3 is 5.97 Å². The van der Waals surface area contributed by atoms with Gasteiger partial charge in [0.15, 0.2) is 5.13 Å². The molecule has 2 aromatic rings. The lowest BCUT2D eigenvalue weighted by molar-refractivity contribution is 0.0702. The number of carboxylic acid groups (broad SMARTS) is 1. The number of carboxylic acids is 1. The number of aromatic carboxylic acids is 1. The average molecular weight is 276 g/mol. The first-order valence-electron chi connectivity index (χ1n) is 5.94. The molecule has 4 nitrogen and oxygen atoms in total. The topological polar surface area (TPSA) is 62.2 Å². The number of hydrogen-bond donors (Lipinski definition) is 2. The molecule has 0 fully saturated rings. The minimum Gasteiger partial charge on any atom is -0.477 e. The van der Waals surface area contributed by atoms with Crippen molar-refractivity contribution in [1.29, 1.82) is 0 Å². The van der Waals surface area contributed by atoms with Crippen LogP contribution in [0, 0.1) is 20.8 Å². The van der Waals surface area contributed by atoms with Gasteiger partial charge in [-0.15, -0.1) is 0 Å². The van der Waals surface area contributed by atoms with Gasteiger partial charge in [-0.05, 0) is 31.9 Å². The molecule has 0 radical (unpaired) electrons. The number of benzene rings is 1. The minimum atomic E-state index is -0.937. The molecule has 19 heavy (non-hydrogen) atoms. The van der Waals surface area contributed by atoms with E-state index in [1.807, 2.05) is 32.9 Å². The Morgan fingerprint density at radius 2 is 1.84 bits per heavy atom. The zero-order chi connectivity index (χ0) is 14.2. The van der Waals surface area contributed by atoms with Crippen molar-refractivity contribution in [3.8, 4) is 11.3 Å². The van der Waals surface area contributed by atoms with E-state index in [1.165, 1.54) is 5.56 Å². The molecule has 0 spiro atoms. The number of anilines is 1. The Balaban J connectivity index is 2.71. The smallest absolute Gasteiger partial charge is 0.348 e. The van der Waals surface area contributed by atoms with Crippen LogP contribution in [0.25, 0.3) is 11.3 Å². The first-order chi connectivity index (χ1) is 8.93. The molecule has 0 aliphatic heterocycles. The van der Waals surface area contributed by atoms with Gasteiger partial charge in [0.1, 0.15) is 4.88 Å². The van der Waals surface area contributed by atoms with E-state index in [4.69, 9.17) is 0 Å². The number of rotatable bonds is 3. The van der Waals surface area contributed by atoms with E-state index in [1.54, 1.807) is 7.05 Å². The summed E-state index contributed by atoms with van der Waals surface area (Å²) in [6.07, 6.45) is 0. The molecule has 0 bridgehead atoms. The van der Waals surface area contributed by atoms with Gasteiger partial charge in [0.25, 0.3) is 0 Å². The molecule has 2 rings (SSSR count). The Kier molecular flexibility index (Phi) is 3.57. The van der Waals surface area contributed by atoms with E-state index in [-0.39, 0.29) is 4.88 Å². The third-order valence-electron chi connectivity index (χ3n) is 2.95. The van der Waals surface area contributed by atoms with Gasteiger partial charge in [-0.1, -0.05) is 29.0 Å². The number of nitrogens with zero attached hydrogens (tertiary/aromatic N) is 1. The van der Waals surface area contributed by atoms with E-state index in [0.717, 1.165) is 28.0 Å². The summed E-state index contributed by atoms with van der Waals surface area (Å²) >= 11 is 1.16. The lowest BCUT2D eigenvalue weighted by Crippen LogP contribution is -1.98. The van der Waals surface area contributed by atoms with Crippen LogP contribution in [0.15, 0.2) is 12.1 Å². The van der Waals surface area contributed by atoms with Gasteiger partial charge in [-0.2, -0.15) is 0 Å². The summed E-state index contributed by atoms with van der Waals surface area (Å²) in [5.74, 6) is -0.937. The molecule has 0 unspecified atom stereocenters. The predicted octanol–water partition coefficient (Wildman–Crippen LogP) is 3.48. The van der Waals surface area contributed by atoms with Crippen LogP contribution >= 0.6 is 11.3 Å². The molecule has 5 heteroatoms. The molecule has 2 N–H and O–H groups in total. The fourth-order valence-corrected chi connectivity index (χ4v) is 3.06. The molecule has 1 heterocycles. The highest BCUT2D eigenvalue weighted by Crippen LogP contribution is 2.35. The van der Waals surface area contributed by atoms with Crippen LogP contribution in [-0.4, -0.2) is 23.1 Å². The Labute approximate surface area is 116 Å². The van der Waals surface area contributed by atoms with Crippen molar-refractivity contribution >= 4 is 22.4 Å². The zero-order valence-electron chi connectivity index (χ0n) is 11.4. The summed E-state index contributed by atoms with van der Waals surface area (Å²) in [6.45, 7) is 6.00. The molecule has 0 saturated carbocycles. The molecule has 100 valence electrons. The Morgan fingerprint density at radius 1 is 1.26 bits per heavy atom. The molecule has 1 aromatic carbocycles. The molecule has 0 aliphatic carbocycles. The molecule has 0 saturated heterocycles. The van der Waals surface area contributed by atoms with Gasteiger partial charge in [0, 0.05) is 12.6 Å². The fourth-order valence-electron chi connectivity index (χ4n) is 2.30. The lowest BCUT2D eigenvalue weighted by atomic mass is 9.97. The summed E-state index contributed by atoms with van der Waals surface area (Å²) in [5, 5.41) is 12.8. The highest BCUT2D eigenvalue weighted by atomic mass is 32.1. The maximum atomic E-state index is 11.4. The SMILES string of the molecule is CNc1nc(-c2c(C)cc(C)cc2C)c(C(=O)O)s1. The molecule has 0 amide bonds. The van der Waals surface area contributed by atoms with E-state index < -0.39 is 5.97 Å². The second kappa shape index (κ2) is 5.01. The maximum absolute atomic E-state index is 11.4. The maximum Gasteiger partial charge on any atom is 0.348 e. The number of aryl methyl sites for hydroxylation is 3. The van der Waals surface area contributed by atoms with Gasteiger partial charge < -0.3 is 10.4 Å². The quantitative estimate of drug-likeness (QED) is 0.901. The molecule has 0 atom stereocenters. The van der Waals surface area contributed by atoms with E-state index >= 15 is 0 Å². The first kappa shape index (κ1) is 13.5. The first-order valence-corrected chi connectivity index (χ1v) is 6.75. The molecule has 0 aliphatic rings. The normalized spacial score (nSPS) is 10.5. The summed E-state index contributed by atoms with van der Waals surface area (Å²) in [6, 6.07) is 4.10. The van der Waals surface area contributed by atoms with Crippen molar-refractivity contribution in [2.45, 2.75) is 20.8 Å². The van der Waals surface area contributed by atoms with Gasteiger partial charge in [0.2, 0.25) is 0 Å². The van der Waals surface area contributed by atoms with Crippen molar-refractivity contribution in [1.82, 2.24) is 4.98 Å². The minimum absolute atomic E-state index is 0.277. The van der Waals surface area contributed by atoms with Crippen molar-refractivity contribution in [2.75, 3.05) is 12.4 Å². The third kappa shape index (κ3) is 2.46. The standard InChI is InChI=1S/C14H16N2O2S/c1-7-5-8(2)10(9(3)6-7)11-12(13(17)18)19-14(15-4)16-11/h5-6H,1-4H3,(H,15,16)(H,17,18). The van der Waals surface area contributed by atoms with Crippen LogP contribution in [-0.2, 0) is 0 Å². The number of nitrogens with one attached hydrogen (secondary N) is 1. The van der Waals surface area contributed by atoms with E-state index in [2.05, 4.69) is 10.3 Å². The predicted molar refractivity (Wildman–Crippen MR) is 78.3 cm³/mol. The van der Waals surface area contributed by atoms with Crippen molar-refractivity contribution in [3.05, 3.63) is 33.7 Å². The highest BCUT2D eigenvalue weighted by Gasteiger charge is 2.21. The van der Waals surface area contributed by atoms with Crippen LogP contribution < -0.4 is 5.32 Å². The van der Waals surface area contributed by atoms with Crippen LogP contribution in [0.2, 0.25) is 0 Å². The largest absolute Gasteiger partial charge is 0.477 e. The summed E-state index contributed by atoms with van der Waals surface area (Å²) in [7, 11) is 1.74. The number of thiazole rings is 1. The second-order valence-electron chi connectivity index (χ2n) is 4.53. The van der Waals surface area contributed by atoms with Crippen LogP contribution in [0.3, 0.4) is 0 Å². The monoisotopic (exact) mass is 276 g/mol. The summed E-state index contributed by atoms with van der Waals surface area (Å²) in [4.78, 5) is 16.0. The summed E-state index contributed by atoms with van der Waals surface area (Å²) in [5.41, 5.74) is 4.73. The number of carbonyl (C=O) groups is 1. The highest BCUT2D eigenvalue weighted by molar-refractivity contribution is 7.17. The van der Waals surface area contributed by atoms with Gasteiger partial charge in [0.05, 0.1) is 5.69 Å². The molecular formula is C14H16N2O2S. The van der Waals surface area contributed by atoms with Crippen LogP contribution in [0.5, 0.6) is 0 Å². The number of hydrogen-bond acceptors (Lipinski definition) is 4. The third-order valence-corrected chi connectivity index (χ3v) is 4.01. The van der Waals surface area contributed by atoms with Crippen LogP contribution in [0.4, 0.5) is 5.13 Å². The Morgan fingerprint density at radius 3 is 2.32 bits per heavy atom. The van der Waals surface area contributed by atoms with Crippen molar-refractivity contribution < 1.29 is 9.90 Å².